The van der Waals surface area contributed by atoms with Crippen molar-refractivity contribution in [2.24, 2.45) is 0 Å². The van der Waals surface area contributed by atoms with Crippen molar-refractivity contribution in [1.82, 2.24) is 5.32 Å². The Hall–Kier alpha value is -2.21. The first-order valence-electron chi connectivity index (χ1n) is 6.05. The number of hydrogen-bond acceptors (Lipinski definition) is 10. The summed E-state index contributed by atoms with van der Waals surface area (Å²) in [5.41, 5.74) is 0. The van der Waals surface area contributed by atoms with Gasteiger partial charge in [-0.1, -0.05) is 0 Å². The van der Waals surface area contributed by atoms with E-state index in [4.69, 9.17) is 9.47 Å². The molecule has 0 aromatic carbocycles. The van der Waals surface area contributed by atoms with Gasteiger partial charge in [-0.2, -0.15) is 0 Å². The first-order chi connectivity index (χ1) is 9.99. The van der Waals surface area contributed by atoms with Crippen molar-refractivity contribution in [2.45, 2.75) is 18.6 Å². The second-order valence-corrected chi connectivity index (χ2v) is 4.03. The maximum absolute atomic E-state index is 11.1. The van der Waals surface area contributed by atoms with E-state index in [1.807, 2.05) is 0 Å². The minimum absolute atomic E-state index is 0.154. The molecule has 1 heterocycles. The highest BCUT2D eigenvalue weighted by molar-refractivity contribution is 5.78. The third kappa shape index (κ3) is 8.54. The van der Waals surface area contributed by atoms with Crippen LogP contribution in [0.1, 0.15) is 6.42 Å². The molecule has 1 rings (SSSR count). The molecule has 1 saturated heterocycles. The summed E-state index contributed by atoms with van der Waals surface area (Å²) in [6, 6.07) is -0.219. The minimum atomic E-state index is -1.20. The molecule has 1 N–H and O–H groups in total. The van der Waals surface area contributed by atoms with Gasteiger partial charge in [0.25, 0.3) is 10.2 Å². The number of hydrogen-bond donors (Lipinski definition) is 1. The highest BCUT2D eigenvalue weighted by atomic mass is 17.0. The van der Waals surface area contributed by atoms with Gasteiger partial charge in [-0.15, -0.1) is 20.2 Å². The Bertz CT molecular complexity index is 373. The molecular weight excluding hydrogens is 294 g/mol. The Morgan fingerprint density at radius 1 is 1.24 bits per heavy atom. The van der Waals surface area contributed by atoms with Gasteiger partial charge in [0.1, 0.15) is 12.6 Å². The molecule has 0 aromatic rings. The summed E-state index contributed by atoms with van der Waals surface area (Å²) in [6.45, 7) is 0.0551. The Labute approximate surface area is 118 Å². The first-order valence-corrected chi connectivity index (χ1v) is 6.05. The number of ether oxygens (including phenoxy) is 2. The summed E-state index contributed by atoms with van der Waals surface area (Å²) in [5.74, 6) is -0.330. The summed E-state index contributed by atoms with van der Waals surface area (Å²) < 4.78 is 9.93. The predicted molar refractivity (Wildman–Crippen MR) is 63.0 cm³/mol. The molecule has 1 unspecified atom stereocenters. The lowest BCUT2D eigenvalue weighted by Gasteiger charge is -2.13. The quantitative estimate of drug-likeness (QED) is 0.150. The second kappa shape index (κ2) is 8.86. The van der Waals surface area contributed by atoms with E-state index in [0.29, 0.717) is 13.0 Å². The van der Waals surface area contributed by atoms with Crippen molar-refractivity contribution in [1.29, 1.82) is 0 Å². The molecular formula is C9H15N3O9. The van der Waals surface area contributed by atoms with E-state index < -0.39 is 22.9 Å². The molecule has 12 nitrogen and oxygen atoms in total. The van der Waals surface area contributed by atoms with Crippen LogP contribution in [-0.4, -0.2) is 61.3 Å². The van der Waals surface area contributed by atoms with E-state index in [0.717, 1.165) is 0 Å². The van der Waals surface area contributed by atoms with Crippen LogP contribution in [0.15, 0.2) is 0 Å². The largest absolute Gasteiger partial charge is 0.464 e. The zero-order chi connectivity index (χ0) is 15.7. The number of rotatable bonds is 12. The number of nitrogens with zero attached hydrogens (tertiary/aromatic N) is 2. The van der Waals surface area contributed by atoms with Gasteiger partial charge in [0.05, 0.1) is 13.2 Å². The molecule has 2 atom stereocenters. The topological polar surface area (TPSA) is 162 Å². The summed E-state index contributed by atoms with van der Waals surface area (Å²) in [7, 11) is 0. The van der Waals surface area contributed by atoms with Crippen LogP contribution in [0.4, 0.5) is 0 Å². The molecule has 120 valence electrons. The molecule has 1 aliphatic rings. The highest BCUT2D eigenvalue weighted by Gasteiger charge is 2.30. The molecule has 0 aromatic heterocycles. The third-order valence-corrected chi connectivity index (χ3v) is 2.27. The highest BCUT2D eigenvalue weighted by Crippen LogP contribution is 2.01. The average molecular weight is 309 g/mol. The second-order valence-electron chi connectivity index (χ2n) is 4.03. The van der Waals surface area contributed by atoms with E-state index >= 15 is 0 Å². The fourth-order valence-corrected chi connectivity index (χ4v) is 1.25. The number of carbonyl (C=O) groups is 1. The van der Waals surface area contributed by atoms with Gasteiger partial charge in [-0.25, -0.2) is 0 Å². The summed E-state index contributed by atoms with van der Waals surface area (Å²) in [6.07, 6.45) is -0.816. The fraction of sp³-hybridized carbons (Fsp3) is 0.889. The van der Waals surface area contributed by atoms with Gasteiger partial charge in [0.2, 0.25) is 0 Å². The van der Waals surface area contributed by atoms with Crippen LogP contribution < -0.4 is 5.32 Å². The Morgan fingerprint density at radius 2 is 1.95 bits per heavy atom. The van der Waals surface area contributed by atoms with Crippen LogP contribution in [0.5, 0.6) is 0 Å². The Morgan fingerprint density at radius 3 is 2.52 bits per heavy atom. The van der Waals surface area contributed by atoms with Crippen LogP contribution in [0.25, 0.3) is 0 Å². The van der Waals surface area contributed by atoms with Crippen molar-refractivity contribution >= 4 is 5.97 Å². The average Bonchev–Trinajstić information content (AvgIpc) is 3.23. The van der Waals surface area contributed by atoms with Gasteiger partial charge in [-0.3, -0.25) is 4.79 Å². The SMILES string of the molecule is O=C(OCCCOC[C@H](CO[N+](=O)[O-])O[N+](=O)[O-])C1CN1. The van der Waals surface area contributed by atoms with Gasteiger partial charge in [-0.05, 0) is 0 Å². The van der Waals surface area contributed by atoms with Crippen molar-refractivity contribution in [3.8, 4) is 0 Å². The zero-order valence-corrected chi connectivity index (χ0v) is 11.0. The number of nitrogens with one attached hydrogen (secondary N) is 1. The van der Waals surface area contributed by atoms with Gasteiger partial charge < -0.3 is 24.5 Å². The van der Waals surface area contributed by atoms with Crippen molar-refractivity contribution in [3.63, 3.8) is 0 Å². The van der Waals surface area contributed by atoms with E-state index in [-0.39, 0.29) is 31.8 Å². The molecule has 12 heteroatoms. The molecule has 0 saturated carbocycles. The molecule has 0 amide bonds. The maximum Gasteiger partial charge on any atom is 0.324 e. The Balaban J connectivity index is 2.06. The predicted octanol–water partition coefficient (Wildman–Crippen LogP) is -1.31. The van der Waals surface area contributed by atoms with E-state index in [9.17, 15) is 25.0 Å². The summed E-state index contributed by atoms with van der Waals surface area (Å²) >= 11 is 0. The van der Waals surface area contributed by atoms with Crippen LogP contribution in [0, 0.1) is 20.2 Å². The van der Waals surface area contributed by atoms with Crippen molar-refractivity contribution < 1.29 is 34.1 Å². The van der Waals surface area contributed by atoms with Crippen LogP contribution in [0.2, 0.25) is 0 Å². The molecule has 1 fully saturated rings. The number of carbonyl (C=O) groups excluding carboxylic acids is 1. The van der Waals surface area contributed by atoms with Gasteiger partial charge in [0, 0.05) is 19.6 Å². The molecule has 0 radical (unpaired) electrons. The molecule has 1 aliphatic heterocycles. The lowest BCUT2D eigenvalue weighted by atomic mass is 10.4. The number of esters is 1. The lowest BCUT2D eigenvalue weighted by Crippen LogP contribution is -2.29. The van der Waals surface area contributed by atoms with Crippen LogP contribution in [-0.2, 0) is 23.9 Å². The smallest absolute Gasteiger partial charge is 0.324 e. The molecule has 0 aliphatic carbocycles. The minimum Gasteiger partial charge on any atom is -0.464 e. The van der Waals surface area contributed by atoms with Crippen LogP contribution in [0.3, 0.4) is 0 Å². The monoisotopic (exact) mass is 309 g/mol. The third-order valence-electron chi connectivity index (χ3n) is 2.27. The zero-order valence-electron chi connectivity index (χ0n) is 11.0. The fourth-order valence-electron chi connectivity index (χ4n) is 1.25. The van der Waals surface area contributed by atoms with Crippen LogP contribution >= 0.6 is 0 Å². The Kier molecular flexibility index (Phi) is 7.11. The van der Waals surface area contributed by atoms with Crippen molar-refractivity contribution in [2.75, 3.05) is 33.0 Å². The summed E-state index contributed by atoms with van der Waals surface area (Å²) in [5, 5.41) is 20.8. The van der Waals surface area contributed by atoms with E-state index in [1.165, 1.54) is 0 Å². The van der Waals surface area contributed by atoms with Crippen molar-refractivity contribution in [3.05, 3.63) is 20.2 Å². The molecule has 0 spiro atoms. The molecule has 0 bridgehead atoms. The first kappa shape index (κ1) is 16.8. The maximum atomic E-state index is 11.1. The summed E-state index contributed by atoms with van der Waals surface area (Å²) in [4.78, 5) is 39.4. The van der Waals surface area contributed by atoms with Gasteiger partial charge >= 0.3 is 5.97 Å². The van der Waals surface area contributed by atoms with Gasteiger partial charge in [0.15, 0.2) is 6.10 Å². The molecule has 21 heavy (non-hydrogen) atoms. The van der Waals surface area contributed by atoms with E-state index in [2.05, 4.69) is 15.0 Å². The lowest BCUT2D eigenvalue weighted by molar-refractivity contribution is -0.790. The van der Waals surface area contributed by atoms with E-state index in [1.54, 1.807) is 0 Å². The standard InChI is InChI=1S/C9H15N3O9/c13-9(8-4-10-8)19-3-1-2-18-5-7(21-12(16)17)6-20-11(14)15/h7-8,10H,1-6H2/t7-,8?/m1/s1. The normalized spacial score (nSPS) is 17.6.